The lowest BCUT2D eigenvalue weighted by molar-refractivity contribution is -0.121. The van der Waals surface area contributed by atoms with E-state index in [2.05, 4.69) is 10.3 Å². The summed E-state index contributed by atoms with van der Waals surface area (Å²) >= 11 is 6.00. The first kappa shape index (κ1) is 17.2. The maximum absolute atomic E-state index is 12.5. The van der Waals surface area contributed by atoms with Crippen LogP contribution in [-0.4, -0.2) is 10.9 Å². The molecule has 1 aromatic heterocycles. The number of nitrogens with one attached hydrogen (secondary N) is 1. The van der Waals surface area contributed by atoms with Gasteiger partial charge in [0.05, 0.1) is 0 Å². The van der Waals surface area contributed by atoms with Crippen molar-refractivity contribution in [2.24, 2.45) is 0 Å². The van der Waals surface area contributed by atoms with Gasteiger partial charge in [0.25, 0.3) is 0 Å². The number of nitrogens with zero attached hydrogens (tertiary/aromatic N) is 1. The summed E-state index contributed by atoms with van der Waals surface area (Å²) in [6.07, 6.45) is 3.86. The predicted molar refractivity (Wildman–Crippen MR) is 100 cm³/mol. The van der Waals surface area contributed by atoms with Gasteiger partial charge in [-0.15, -0.1) is 0 Å². The molecule has 1 N–H and O–H groups in total. The van der Waals surface area contributed by atoms with Crippen LogP contribution in [0.3, 0.4) is 0 Å². The Balaban J connectivity index is 1.73. The Bertz CT molecular complexity index is 804. The van der Waals surface area contributed by atoms with Gasteiger partial charge in [-0.05, 0) is 34.9 Å². The summed E-state index contributed by atoms with van der Waals surface area (Å²) in [5.41, 5.74) is 3.17. The molecule has 25 heavy (non-hydrogen) atoms. The van der Waals surface area contributed by atoms with Crippen molar-refractivity contribution < 1.29 is 4.79 Å². The molecule has 1 atom stereocenters. The molecule has 0 bridgehead atoms. The van der Waals surface area contributed by atoms with Crippen molar-refractivity contribution in [1.82, 2.24) is 10.3 Å². The monoisotopic (exact) mass is 350 g/mol. The molecule has 0 fully saturated rings. The van der Waals surface area contributed by atoms with Gasteiger partial charge in [0.15, 0.2) is 0 Å². The van der Waals surface area contributed by atoms with Gasteiger partial charge in [0, 0.05) is 36.3 Å². The highest BCUT2D eigenvalue weighted by atomic mass is 35.5. The van der Waals surface area contributed by atoms with E-state index in [0.717, 1.165) is 16.7 Å². The molecule has 0 aliphatic rings. The smallest absolute Gasteiger partial charge is 0.221 e. The van der Waals surface area contributed by atoms with Crippen molar-refractivity contribution in [3.05, 3.63) is 101 Å². The van der Waals surface area contributed by atoms with E-state index in [0.29, 0.717) is 18.0 Å². The Morgan fingerprint density at radius 2 is 1.68 bits per heavy atom. The molecular weight excluding hydrogens is 332 g/mol. The quantitative estimate of drug-likeness (QED) is 0.707. The van der Waals surface area contributed by atoms with Crippen LogP contribution in [0.15, 0.2) is 79.1 Å². The van der Waals surface area contributed by atoms with E-state index in [1.165, 1.54) is 0 Å². The van der Waals surface area contributed by atoms with Gasteiger partial charge in [-0.2, -0.15) is 0 Å². The average molecular weight is 351 g/mol. The third-order valence-electron chi connectivity index (χ3n) is 4.08. The zero-order valence-corrected chi connectivity index (χ0v) is 14.5. The van der Waals surface area contributed by atoms with Crippen LogP contribution in [-0.2, 0) is 11.3 Å². The lowest BCUT2D eigenvalue weighted by Crippen LogP contribution is -2.25. The predicted octanol–water partition coefficient (Wildman–Crippen LogP) is 4.57. The fourth-order valence-corrected chi connectivity index (χ4v) is 2.90. The van der Waals surface area contributed by atoms with Crippen LogP contribution < -0.4 is 5.32 Å². The van der Waals surface area contributed by atoms with Gasteiger partial charge in [0.1, 0.15) is 0 Å². The SMILES string of the molecule is O=C(C[C@H](c1ccccc1)c1ccc(Cl)cc1)NCc1cccnc1. The average Bonchev–Trinajstić information content (AvgIpc) is 2.67. The molecule has 0 radical (unpaired) electrons. The first-order chi connectivity index (χ1) is 12.2. The second-order valence-corrected chi connectivity index (χ2v) is 6.29. The maximum atomic E-state index is 12.5. The summed E-state index contributed by atoms with van der Waals surface area (Å²) < 4.78 is 0. The molecule has 0 aliphatic carbocycles. The van der Waals surface area contributed by atoms with Crippen LogP contribution in [0.1, 0.15) is 29.0 Å². The lowest BCUT2D eigenvalue weighted by atomic mass is 9.88. The summed E-state index contributed by atoms with van der Waals surface area (Å²) in [4.78, 5) is 16.5. The number of hydrogen-bond donors (Lipinski definition) is 1. The standard InChI is InChI=1S/C21H19ClN2O/c22-19-10-8-18(9-11-19)20(17-6-2-1-3-7-17)13-21(25)24-15-16-5-4-12-23-14-16/h1-12,14,20H,13,15H2,(H,24,25)/t20-/m1/s1. The summed E-state index contributed by atoms with van der Waals surface area (Å²) in [5.74, 6) is 0.0000196. The number of halogens is 1. The van der Waals surface area contributed by atoms with E-state index < -0.39 is 0 Å². The molecule has 3 rings (SSSR count). The highest BCUT2D eigenvalue weighted by molar-refractivity contribution is 6.30. The van der Waals surface area contributed by atoms with E-state index in [9.17, 15) is 4.79 Å². The molecule has 1 heterocycles. The maximum Gasteiger partial charge on any atom is 0.221 e. The molecule has 4 heteroatoms. The fraction of sp³-hybridized carbons (Fsp3) is 0.143. The van der Waals surface area contributed by atoms with Crippen molar-refractivity contribution in [2.75, 3.05) is 0 Å². The first-order valence-electron chi connectivity index (χ1n) is 8.18. The number of rotatable bonds is 6. The molecule has 0 spiro atoms. The molecule has 0 aliphatic heterocycles. The minimum absolute atomic E-state index is 0.00707. The number of amides is 1. The molecule has 3 nitrogen and oxygen atoms in total. The zero-order valence-electron chi connectivity index (χ0n) is 13.7. The van der Waals surface area contributed by atoms with E-state index in [4.69, 9.17) is 11.6 Å². The Morgan fingerprint density at radius 1 is 0.960 bits per heavy atom. The first-order valence-corrected chi connectivity index (χ1v) is 8.56. The number of carbonyl (C=O) groups excluding carboxylic acids is 1. The van der Waals surface area contributed by atoms with Crippen LogP contribution in [0.2, 0.25) is 5.02 Å². The zero-order chi connectivity index (χ0) is 17.5. The molecule has 2 aromatic carbocycles. The van der Waals surface area contributed by atoms with Gasteiger partial charge in [-0.25, -0.2) is 0 Å². The Morgan fingerprint density at radius 3 is 2.36 bits per heavy atom. The van der Waals surface area contributed by atoms with Crippen molar-refractivity contribution in [3.63, 3.8) is 0 Å². The van der Waals surface area contributed by atoms with Gasteiger partial charge in [-0.1, -0.05) is 60.1 Å². The third kappa shape index (κ3) is 4.91. The van der Waals surface area contributed by atoms with Crippen LogP contribution in [0.4, 0.5) is 0 Å². The number of benzene rings is 2. The highest BCUT2D eigenvalue weighted by Gasteiger charge is 2.18. The molecule has 0 unspecified atom stereocenters. The number of hydrogen-bond acceptors (Lipinski definition) is 2. The van der Waals surface area contributed by atoms with E-state index >= 15 is 0 Å². The minimum atomic E-state index is -0.00707. The summed E-state index contributed by atoms with van der Waals surface area (Å²) in [5, 5.41) is 3.67. The van der Waals surface area contributed by atoms with E-state index in [1.54, 1.807) is 12.4 Å². The third-order valence-corrected chi connectivity index (χ3v) is 4.33. The molecule has 1 amide bonds. The summed E-state index contributed by atoms with van der Waals surface area (Å²) in [7, 11) is 0. The van der Waals surface area contributed by atoms with E-state index in [-0.39, 0.29) is 11.8 Å². The summed E-state index contributed by atoms with van der Waals surface area (Å²) in [6, 6.07) is 21.6. The number of aromatic nitrogens is 1. The Labute approximate surface area is 152 Å². The molecule has 3 aromatic rings. The lowest BCUT2D eigenvalue weighted by Gasteiger charge is -2.18. The normalized spacial score (nSPS) is 11.7. The van der Waals surface area contributed by atoms with Gasteiger partial charge in [0.2, 0.25) is 5.91 Å². The van der Waals surface area contributed by atoms with Gasteiger partial charge < -0.3 is 5.32 Å². The Hall–Kier alpha value is -2.65. The van der Waals surface area contributed by atoms with Crippen molar-refractivity contribution in [3.8, 4) is 0 Å². The van der Waals surface area contributed by atoms with Crippen molar-refractivity contribution in [1.29, 1.82) is 0 Å². The van der Waals surface area contributed by atoms with Crippen LogP contribution >= 0.6 is 11.6 Å². The number of carbonyl (C=O) groups is 1. The minimum Gasteiger partial charge on any atom is -0.352 e. The largest absolute Gasteiger partial charge is 0.352 e. The van der Waals surface area contributed by atoms with Crippen molar-refractivity contribution >= 4 is 17.5 Å². The Kier molecular flexibility index (Phi) is 5.81. The van der Waals surface area contributed by atoms with Gasteiger partial charge in [-0.3, -0.25) is 9.78 Å². The van der Waals surface area contributed by atoms with Crippen molar-refractivity contribution in [2.45, 2.75) is 18.9 Å². The molecule has 126 valence electrons. The highest BCUT2D eigenvalue weighted by Crippen LogP contribution is 2.28. The van der Waals surface area contributed by atoms with Crippen LogP contribution in [0, 0.1) is 0 Å². The summed E-state index contributed by atoms with van der Waals surface area (Å²) in [6.45, 7) is 0.481. The fourth-order valence-electron chi connectivity index (χ4n) is 2.77. The molecule has 0 saturated heterocycles. The van der Waals surface area contributed by atoms with Crippen LogP contribution in [0.5, 0.6) is 0 Å². The topological polar surface area (TPSA) is 42.0 Å². The second-order valence-electron chi connectivity index (χ2n) is 5.86. The van der Waals surface area contributed by atoms with Crippen LogP contribution in [0.25, 0.3) is 0 Å². The van der Waals surface area contributed by atoms with E-state index in [1.807, 2.05) is 66.7 Å². The molecule has 0 saturated carbocycles. The molecular formula is C21H19ClN2O. The number of pyridine rings is 1. The van der Waals surface area contributed by atoms with Gasteiger partial charge >= 0.3 is 0 Å². The second kappa shape index (κ2) is 8.45.